The van der Waals surface area contributed by atoms with Gasteiger partial charge in [0, 0.05) is 0 Å². The molecule has 0 unspecified atom stereocenters. The van der Waals surface area contributed by atoms with Crippen LogP contribution < -0.4 is 0 Å². The van der Waals surface area contributed by atoms with Crippen molar-refractivity contribution in [2.24, 2.45) is 5.41 Å². The van der Waals surface area contributed by atoms with Crippen molar-refractivity contribution >= 4 is 0 Å². The van der Waals surface area contributed by atoms with E-state index in [0.29, 0.717) is 0 Å². The van der Waals surface area contributed by atoms with Gasteiger partial charge >= 0.3 is 0 Å². The van der Waals surface area contributed by atoms with E-state index in [-0.39, 0.29) is 11.2 Å². The van der Waals surface area contributed by atoms with Gasteiger partial charge in [-0.3, -0.25) is 0 Å². The third kappa shape index (κ3) is 5.67. The van der Waals surface area contributed by atoms with E-state index in [1.807, 2.05) is 20.8 Å². The van der Waals surface area contributed by atoms with Crippen molar-refractivity contribution in [3.63, 3.8) is 0 Å². The van der Waals surface area contributed by atoms with Crippen LogP contribution in [0.2, 0.25) is 0 Å². The highest BCUT2D eigenvalue weighted by atomic mass is 19.1. The summed E-state index contributed by atoms with van der Waals surface area (Å²) in [5, 5.41) is 0. The van der Waals surface area contributed by atoms with E-state index in [1.54, 1.807) is 6.08 Å². The first-order chi connectivity index (χ1) is 3.42. The molecule has 48 valence electrons. The average molecular weight is 116 g/mol. The highest BCUT2D eigenvalue weighted by Crippen LogP contribution is 2.17. The van der Waals surface area contributed by atoms with Crippen molar-refractivity contribution in [1.29, 1.82) is 0 Å². The fraction of sp³-hybridized carbons (Fsp3) is 0.714. The van der Waals surface area contributed by atoms with Crippen LogP contribution >= 0.6 is 0 Å². The van der Waals surface area contributed by atoms with Crippen LogP contribution in [0.5, 0.6) is 0 Å². The van der Waals surface area contributed by atoms with E-state index in [0.717, 1.165) is 0 Å². The monoisotopic (exact) mass is 116 g/mol. The van der Waals surface area contributed by atoms with Gasteiger partial charge in [-0.2, -0.15) is 0 Å². The molecule has 8 heavy (non-hydrogen) atoms. The fourth-order valence-electron chi connectivity index (χ4n) is 0.597. The van der Waals surface area contributed by atoms with Crippen molar-refractivity contribution in [3.05, 3.63) is 11.9 Å². The van der Waals surface area contributed by atoms with Crippen LogP contribution in [-0.2, 0) is 0 Å². The third-order valence-electron chi connectivity index (χ3n) is 0.632. The maximum Gasteiger partial charge on any atom is 0.0934 e. The molecule has 0 aromatic heterocycles. The number of rotatable bonds is 0. The van der Waals surface area contributed by atoms with E-state index in [4.69, 9.17) is 0 Å². The molecule has 0 aromatic rings. The molecule has 0 aliphatic rings. The molecule has 0 aromatic carbocycles. The lowest BCUT2D eigenvalue weighted by Crippen LogP contribution is -1.98. The van der Waals surface area contributed by atoms with Gasteiger partial charge in [-0.1, -0.05) is 20.8 Å². The van der Waals surface area contributed by atoms with Gasteiger partial charge in [-0.05, 0) is 18.4 Å². The molecule has 0 atom stereocenters. The Bertz CT molecular complexity index is 91.4. The minimum atomic E-state index is -0.0995. The first-order valence-electron chi connectivity index (χ1n) is 2.77. The maximum absolute atomic E-state index is 12.1. The standard InChI is InChI=1S/C7H13F/c1-6(8)5-7(2,3)4/h5H,1-4H3/b6-5+. The highest BCUT2D eigenvalue weighted by molar-refractivity contribution is 4.95. The molecular formula is C7H13F. The molecule has 0 saturated carbocycles. The second-order valence-electron chi connectivity index (χ2n) is 3.10. The maximum atomic E-state index is 12.1. The summed E-state index contributed by atoms with van der Waals surface area (Å²) in [6, 6.07) is 0. The summed E-state index contributed by atoms with van der Waals surface area (Å²) in [6.07, 6.45) is 1.60. The van der Waals surface area contributed by atoms with Crippen LogP contribution in [0, 0.1) is 5.41 Å². The molecular weight excluding hydrogens is 103 g/mol. The van der Waals surface area contributed by atoms with Crippen molar-refractivity contribution in [2.45, 2.75) is 27.7 Å². The Hall–Kier alpha value is -0.330. The van der Waals surface area contributed by atoms with Gasteiger partial charge in [0.25, 0.3) is 0 Å². The summed E-state index contributed by atoms with van der Waals surface area (Å²) in [6.45, 7) is 7.37. The predicted octanol–water partition coefficient (Wildman–Crippen LogP) is 2.91. The Morgan fingerprint density at radius 1 is 1.38 bits per heavy atom. The van der Waals surface area contributed by atoms with E-state index < -0.39 is 0 Å². The SMILES string of the molecule is C/C(F)=C\C(C)(C)C. The van der Waals surface area contributed by atoms with E-state index in [9.17, 15) is 4.39 Å². The van der Waals surface area contributed by atoms with Crippen molar-refractivity contribution in [3.8, 4) is 0 Å². The van der Waals surface area contributed by atoms with E-state index in [1.165, 1.54) is 6.92 Å². The normalized spacial score (nSPS) is 14.4. The molecule has 0 spiro atoms. The van der Waals surface area contributed by atoms with Gasteiger partial charge < -0.3 is 0 Å². The molecule has 0 N–H and O–H groups in total. The minimum absolute atomic E-state index is 0.0150. The van der Waals surface area contributed by atoms with Crippen LogP contribution in [-0.4, -0.2) is 0 Å². The zero-order chi connectivity index (χ0) is 6.78. The fourth-order valence-corrected chi connectivity index (χ4v) is 0.597. The second-order valence-corrected chi connectivity index (χ2v) is 3.10. The van der Waals surface area contributed by atoms with Crippen LogP contribution in [0.15, 0.2) is 11.9 Å². The summed E-state index contributed by atoms with van der Waals surface area (Å²) in [5.41, 5.74) is -0.0150. The summed E-state index contributed by atoms with van der Waals surface area (Å²) in [7, 11) is 0. The van der Waals surface area contributed by atoms with Gasteiger partial charge in [0.15, 0.2) is 0 Å². The zero-order valence-corrected chi connectivity index (χ0v) is 5.96. The Morgan fingerprint density at radius 3 is 1.75 bits per heavy atom. The molecule has 0 saturated heterocycles. The van der Waals surface area contributed by atoms with Gasteiger partial charge in [0.05, 0.1) is 5.83 Å². The summed E-state index contributed by atoms with van der Waals surface area (Å²) in [5.74, 6) is -0.0995. The van der Waals surface area contributed by atoms with Crippen LogP contribution in [0.4, 0.5) is 4.39 Å². The van der Waals surface area contributed by atoms with Gasteiger partial charge in [0.1, 0.15) is 0 Å². The third-order valence-corrected chi connectivity index (χ3v) is 0.632. The van der Waals surface area contributed by atoms with Crippen molar-refractivity contribution in [2.75, 3.05) is 0 Å². The van der Waals surface area contributed by atoms with E-state index in [2.05, 4.69) is 0 Å². The topological polar surface area (TPSA) is 0 Å². The first kappa shape index (κ1) is 7.67. The largest absolute Gasteiger partial charge is 0.212 e. The van der Waals surface area contributed by atoms with Crippen molar-refractivity contribution < 1.29 is 4.39 Å². The number of halogens is 1. The lowest BCUT2D eigenvalue weighted by atomic mass is 9.96. The highest BCUT2D eigenvalue weighted by Gasteiger charge is 2.04. The number of hydrogen-bond acceptors (Lipinski definition) is 0. The Balaban J connectivity index is 3.89. The number of allylic oxidation sites excluding steroid dienone is 2. The summed E-state index contributed by atoms with van der Waals surface area (Å²) >= 11 is 0. The molecule has 0 nitrogen and oxygen atoms in total. The second kappa shape index (κ2) is 2.29. The lowest BCUT2D eigenvalue weighted by molar-refractivity contribution is 0.512. The lowest BCUT2D eigenvalue weighted by Gasteiger charge is -2.10. The molecule has 0 fully saturated rings. The molecule has 0 aliphatic heterocycles. The van der Waals surface area contributed by atoms with Gasteiger partial charge in [-0.15, -0.1) is 0 Å². The number of hydrogen-bond donors (Lipinski definition) is 0. The molecule has 0 rings (SSSR count). The van der Waals surface area contributed by atoms with Gasteiger partial charge in [-0.25, -0.2) is 4.39 Å². The molecule has 0 bridgehead atoms. The Labute approximate surface area is 50.4 Å². The molecule has 0 radical (unpaired) electrons. The quantitative estimate of drug-likeness (QED) is 0.456. The average Bonchev–Trinajstić information content (AvgIpc) is 1.21. The molecule has 0 amide bonds. The first-order valence-corrected chi connectivity index (χ1v) is 2.77. The molecule has 1 heteroatoms. The zero-order valence-electron chi connectivity index (χ0n) is 5.96. The molecule has 0 heterocycles. The van der Waals surface area contributed by atoms with Crippen LogP contribution in [0.3, 0.4) is 0 Å². The van der Waals surface area contributed by atoms with Crippen molar-refractivity contribution in [1.82, 2.24) is 0 Å². The summed E-state index contributed by atoms with van der Waals surface area (Å²) in [4.78, 5) is 0. The molecule has 0 aliphatic carbocycles. The van der Waals surface area contributed by atoms with Crippen LogP contribution in [0.1, 0.15) is 27.7 Å². The summed E-state index contributed by atoms with van der Waals surface area (Å²) < 4.78 is 12.1. The van der Waals surface area contributed by atoms with Crippen LogP contribution in [0.25, 0.3) is 0 Å². The predicted molar refractivity (Wildman–Crippen MR) is 34.3 cm³/mol. The Morgan fingerprint density at radius 2 is 1.75 bits per heavy atom. The van der Waals surface area contributed by atoms with Gasteiger partial charge in [0.2, 0.25) is 0 Å². The minimum Gasteiger partial charge on any atom is -0.212 e. The van der Waals surface area contributed by atoms with E-state index >= 15 is 0 Å². The Kier molecular flexibility index (Phi) is 2.20. The smallest absolute Gasteiger partial charge is 0.0934 e.